The van der Waals surface area contributed by atoms with Crippen molar-refractivity contribution < 1.29 is 4.79 Å². The van der Waals surface area contributed by atoms with Crippen molar-refractivity contribution in [1.82, 2.24) is 19.4 Å². The number of fused-ring (bicyclic) bond motifs is 1. The normalized spacial score (nSPS) is 19.4. The number of carbonyl (C=O) groups excluding carboxylic acids is 1. The van der Waals surface area contributed by atoms with Crippen LogP contribution in [0.2, 0.25) is 0 Å². The SMILES string of the molecule is CCC(C)C(=O)N1CCC(c2nc3ccncc3n2CC(C)C)C1. The number of hydrogen-bond donors (Lipinski definition) is 0. The van der Waals surface area contributed by atoms with Crippen molar-refractivity contribution in [2.75, 3.05) is 13.1 Å². The first-order valence-electron chi connectivity index (χ1n) is 9.10. The smallest absolute Gasteiger partial charge is 0.225 e. The molecule has 130 valence electrons. The third-order valence-electron chi connectivity index (χ3n) is 5.03. The van der Waals surface area contributed by atoms with E-state index in [9.17, 15) is 4.79 Å². The molecular formula is C19H28N4O. The fourth-order valence-electron chi connectivity index (χ4n) is 3.51. The number of pyridine rings is 1. The summed E-state index contributed by atoms with van der Waals surface area (Å²) in [7, 11) is 0. The number of carbonyl (C=O) groups is 1. The van der Waals surface area contributed by atoms with E-state index in [1.165, 1.54) is 0 Å². The van der Waals surface area contributed by atoms with E-state index in [-0.39, 0.29) is 11.8 Å². The van der Waals surface area contributed by atoms with E-state index >= 15 is 0 Å². The summed E-state index contributed by atoms with van der Waals surface area (Å²) >= 11 is 0. The van der Waals surface area contributed by atoms with Crippen molar-refractivity contribution in [3.8, 4) is 0 Å². The summed E-state index contributed by atoms with van der Waals surface area (Å²) in [6.45, 7) is 11.1. The zero-order valence-electron chi connectivity index (χ0n) is 15.2. The van der Waals surface area contributed by atoms with Gasteiger partial charge in [0.1, 0.15) is 5.82 Å². The number of hydrogen-bond acceptors (Lipinski definition) is 3. The first kappa shape index (κ1) is 16.9. The predicted octanol–water partition coefficient (Wildman–Crippen LogP) is 3.45. The number of amides is 1. The van der Waals surface area contributed by atoms with Crippen molar-refractivity contribution in [1.29, 1.82) is 0 Å². The zero-order valence-corrected chi connectivity index (χ0v) is 15.2. The lowest BCUT2D eigenvalue weighted by Gasteiger charge is -2.20. The summed E-state index contributed by atoms with van der Waals surface area (Å²) in [6, 6.07) is 1.98. The molecule has 5 nitrogen and oxygen atoms in total. The van der Waals surface area contributed by atoms with Crippen LogP contribution in [0.3, 0.4) is 0 Å². The average Bonchev–Trinajstić information content (AvgIpc) is 3.18. The molecule has 1 fully saturated rings. The van der Waals surface area contributed by atoms with E-state index in [1.807, 2.05) is 24.1 Å². The maximum Gasteiger partial charge on any atom is 0.225 e. The molecule has 1 aliphatic heterocycles. The number of rotatable bonds is 5. The Labute approximate surface area is 144 Å². The zero-order chi connectivity index (χ0) is 17.3. The van der Waals surface area contributed by atoms with Gasteiger partial charge in [0.2, 0.25) is 5.91 Å². The molecule has 5 heteroatoms. The maximum atomic E-state index is 12.5. The number of likely N-dealkylation sites (tertiary alicyclic amines) is 1. The highest BCUT2D eigenvalue weighted by molar-refractivity contribution is 5.79. The molecule has 2 aromatic heterocycles. The maximum absolute atomic E-state index is 12.5. The molecule has 0 radical (unpaired) electrons. The van der Waals surface area contributed by atoms with Crippen molar-refractivity contribution in [2.24, 2.45) is 11.8 Å². The van der Waals surface area contributed by atoms with Gasteiger partial charge in [0, 0.05) is 37.7 Å². The number of aromatic nitrogens is 3. The highest BCUT2D eigenvalue weighted by Gasteiger charge is 2.32. The van der Waals surface area contributed by atoms with Crippen molar-refractivity contribution >= 4 is 16.9 Å². The molecule has 24 heavy (non-hydrogen) atoms. The third kappa shape index (κ3) is 3.17. The van der Waals surface area contributed by atoms with Crippen LogP contribution in [0.15, 0.2) is 18.5 Å². The fourth-order valence-corrected chi connectivity index (χ4v) is 3.51. The second-order valence-electron chi connectivity index (χ2n) is 7.42. The highest BCUT2D eigenvalue weighted by Crippen LogP contribution is 2.30. The Balaban J connectivity index is 1.88. The van der Waals surface area contributed by atoms with E-state index in [4.69, 9.17) is 4.98 Å². The topological polar surface area (TPSA) is 51.0 Å². The molecule has 1 saturated heterocycles. The third-order valence-corrected chi connectivity index (χ3v) is 5.03. The van der Waals surface area contributed by atoms with Crippen molar-refractivity contribution in [3.05, 3.63) is 24.3 Å². The molecule has 1 amide bonds. The van der Waals surface area contributed by atoms with Crippen LogP contribution in [0.4, 0.5) is 0 Å². The van der Waals surface area contributed by atoms with Gasteiger partial charge in [-0.1, -0.05) is 27.7 Å². The molecule has 1 aliphatic rings. The van der Waals surface area contributed by atoms with Crippen LogP contribution in [0.25, 0.3) is 11.0 Å². The predicted molar refractivity (Wildman–Crippen MR) is 95.8 cm³/mol. The van der Waals surface area contributed by atoms with Gasteiger partial charge in [0.25, 0.3) is 0 Å². The molecule has 2 aromatic rings. The Kier molecular flexibility index (Phi) is 4.88. The molecule has 2 atom stereocenters. The highest BCUT2D eigenvalue weighted by atomic mass is 16.2. The quantitative estimate of drug-likeness (QED) is 0.845. The minimum atomic E-state index is 0.113. The first-order chi connectivity index (χ1) is 11.5. The van der Waals surface area contributed by atoms with E-state index in [0.717, 1.165) is 49.3 Å². The van der Waals surface area contributed by atoms with Crippen molar-refractivity contribution in [3.63, 3.8) is 0 Å². The standard InChI is InChI=1S/C19H28N4O/c1-5-14(4)19(24)22-9-7-15(12-22)18-21-16-6-8-20-10-17(16)23(18)11-13(2)3/h6,8,10,13-15H,5,7,9,11-12H2,1-4H3. The van der Waals surface area contributed by atoms with Crippen molar-refractivity contribution in [2.45, 2.75) is 53.0 Å². The lowest BCUT2D eigenvalue weighted by atomic mass is 10.1. The largest absolute Gasteiger partial charge is 0.342 e. The summed E-state index contributed by atoms with van der Waals surface area (Å²) in [6.07, 6.45) is 5.60. The van der Waals surface area contributed by atoms with Crippen LogP contribution in [-0.4, -0.2) is 38.4 Å². The minimum absolute atomic E-state index is 0.113. The minimum Gasteiger partial charge on any atom is -0.342 e. The molecule has 2 unspecified atom stereocenters. The van der Waals surface area contributed by atoms with Gasteiger partial charge in [0.15, 0.2) is 0 Å². The molecule has 3 heterocycles. The van der Waals surface area contributed by atoms with Crippen LogP contribution in [-0.2, 0) is 11.3 Å². The van der Waals surface area contributed by atoms with Gasteiger partial charge in [-0.3, -0.25) is 9.78 Å². The van der Waals surface area contributed by atoms with Gasteiger partial charge in [-0.25, -0.2) is 4.98 Å². The van der Waals surface area contributed by atoms with Crippen LogP contribution in [0.5, 0.6) is 0 Å². The summed E-state index contributed by atoms with van der Waals surface area (Å²) in [5.74, 6) is 2.38. The monoisotopic (exact) mass is 328 g/mol. The fraction of sp³-hybridized carbons (Fsp3) is 0.632. The Bertz CT molecular complexity index is 721. The van der Waals surface area contributed by atoms with Gasteiger partial charge in [-0.2, -0.15) is 0 Å². The molecule has 0 N–H and O–H groups in total. The van der Waals surface area contributed by atoms with E-state index < -0.39 is 0 Å². The van der Waals surface area contributed by atoms with Crippen LogP contribution < -0.4 is 0 Å². The Morgan fingerprint density at radius 3 is 2.88 bits per heavy atom. The number of nitrogens with zero attached hydrogens (tertiary/aromatic N) is 4. The molecule has 0 saturated carbocycles. The molecule has 3 rings (SSSR count). The number of imidazole rings is 1. The van der Waals surface area contributed by atoms with E-state index in [2.05, 4.69) is 30.3 Å². The summed E-state index contributed by atoms with van der Waals surface area (Å²) < 4.78 is 2.31. The van der Waals surface area contributed by atoms with Gasteiger partial charge in [0.05, 0.1) is 17.2 Å². The Morgan fingerprint density at radius 2 is 2.17 bits per heavy atom. The molecular weight excluding hydrogens is 300 g/mol. The van der Waals surface area contributed by atoms with Gasteiger partial charge in [-0.15, -0.1) is 0 Å². The van der Waals surface area contributed by atoms with Crippen LogP contribution in [0, 0.1) is 11.8 Å². The summed E-state index contributed by atoms with van der Waals surface area (Å²) in [5.41, 5.74) is 2.11. The summed E-state index contributed by atoms with van der Waals surface area (Å²) in [4.78, 5) is 23.7. The second kappa shape index (κ2) is 6.91. The van der Waals surface area contributed by atoms with Gasteiger partial charge in [-0.05, 0) is 24.8 Å². The Hall–Kier alpha value is -1.91. The van der Waals surface area contributed by atoms with E-state index in [1.54, 1.807) is 6.20 Å². The van der Waals surface area contributed by atoms with Gasteiger partial charge < -0.3 is 9.47 Å². The summed E-state index contributed by atoms with van der Waals surface area (Å²) in [5, 5.41) is 0. The van der Waals surface area contributed by atoms with E-state index in [0.29, 0.717) is 11.8 Å². The van der Waals surface area contributed by atoms with Crippen LogP contribution >= 0.6 is 0 Å². The molecule has 0 spiro atoms. The molecule has 0 bridgehead atoms. The lowest BCUT2D eigenvalue weighted by molar-refractivity contribution is -0.134. The first-order valence-corrected chi connectivity index (χ1v) is 9.10. The van der Waals surface area contributed by atoms with Gasteiger partial charge >= 0.3 is 0 Å². The second-order valence-corrected chi connectivity index (χ2v) is 7.42. The van der Waals surface area contributed by atoms with Crippen LogP contribution in [0.1, 0.15) is 52.3 Å². The Morgan fingerprint density at radius 1 is 1.38 bits per heavy atom. The lowest BCUT2D eigenvalue weighted by Crippen LogP contribution is -2.33. The molecule has 0 aromatic carbocycles. The molecule has 0 aliphatic carbocycles. The average molecular weight is 328 g/mol.